The average Bonchev–Trinajstić information content (AvgIpc) is 2.10. The molecular weight excluding hydrogens is 196 g/mol. The molecule has 3 nitrogen and oxygen atoms in total. The highest BCUT2D eigenvalue weighted by Crippen LogP contribution is 1.99. The molecule has 0 amide bonds. The second-order valence-electron chi connectivity index (χ2n) is 3.54. The molecule has 0 aliphatic heterocycles. The number of hydrogen-bond acceptors (Lipinski definition) is 3. The lowest BCUT2D eigenvalue weighted by molar-refractivity contribution is 0.102. The van der Waals surface area contributed by atoms with Gasteiger partial charge in [-0.1, -0.05) is 12.2 Å². The van der Waals surface area contributed by atoms with Gasteiger partial charge in [-0.25, -0.2) is 0 Å². The Morgan fingerprint density at radius 2 is 2.07 bits per heavy atom. The molecule has 0 saturated heterocycles. The fourth-order valence-corrected chi connectivity index (χ4v) is 1.30. The molecular formula is C10H22N2OS. The highest BCUT2D eigenvalue weighted by atomic mass is 32.1. The summed E-state index contributed by atoms with van der Waals surface area (Å²) in [6.07, 6.45) is 0.791. The zero-order chi connectivity index (χ0) is 11.0. The molecule has 0 aromatic carbocycles. The monoisotopic (exact) mass is 218 g/mol. The Morgan fingerprint density at radius 1 is 1.43 bits per heavy atom. The van der Waals surface area contributed by atoms with Gasteiger partial charge in [-0.05, 0) is 20.8 Å². The Morgan fingerprint density at radius 3 is 2.50 bits per heavy atom. The Balaban J connectivity index is 3.72. The van der Waals surface area contributed by atoms with Crippen molar-refractivity contribution in [3.05, 3.63) is 0 Å². The molecule has 0 bridgehead atoms. The van der Waals surface area contributed by atoms with E-state index >= 15 is 0 Å². The van der Waals surface area contributed by atoms with Crippen molar-refractivity contribution in [3.63, 3.8) is 0 Å². The summed E-state index contributed by atoms with van der Waals surface area (Å²) in [6.45, 7) is 9.80. The maximum atomic E-state index is 5.47. The van der Waals surface area contributed by atoms with Crippen molar-refractivity contribution in [1.29, 1.82) is 0 Å². The van der Waals surface area contributed by atoms with Crippen LogP contribution in [0.25, 0.3) is 0 Å². The summed E-state index contributed by atoms with van der Waals surface area (Å²) in [5.41, 5.74) is 5.47. The molecule has 0 aliphatic carbocycles. The summed E-state index contributed by atoms with van der Waals surface area (Å²) in [4.78, 5) is 2.92. The quantitative estimate of drug-likeness (QED) is 0.494. The standard InChI is InChI=1S/C10H22N2OS/c1-4-13-8-7-12(9(2)3)6-5-10(11)14/h9H,4-8H2,1-3H3,(H2,11,14). The SMILES string of the molecule is CCOCCN(CCC(N)=S)C(C)C. The van der Waals surface area contributed by atoms with Crippen LogP contribution in [-0.4, -0.2) is 42.2 Å². The third-order valence-electron chi connectivity index (χ3n) is 2.10. The smallest absolute Gasteiger partial charge is 0.0740 e. The first kappa shape index (κ1) is 13.8. The maximum Gasteiger partial charge on any atom is 0.0740 e. The van der Waals surface area contributed by atoms with Gasteiger partial charge >= 0.3 is 0 Å². The number of rotatable bonds is 8. The molecule has 4 heteroatoms. The van der Waals surface area contributed by atoms with Gasteiger partial charge in [0.15, 0.2) is 0 Å². The van der Waals surface area contributed by atoms with Gasteiger partial charge in [0, 0.05) is 32.2 Å². The summed E-state index contributed by atoms with van der Waals surface area (Å²) in [5, 5.41) is 0. The van der Waals surface area contributed by atoms with Crippen molar-refractivity contribution < 1.29 is 4.74 Å². The lowest BCUT2D eigenvalue weighted by Crippen LogP contribution is -2.36. The van der Waals surface area contributed by atoms with Crippen LogP contribution < -0.4 is 5.73 Å². The third-order valence-corrected chi connectivity index (χ3v) is 2.31. The van der Waals surface area contributed by atoms with Crippen LogP contribution in [0, 0.1) is 0 Å². The highest BCUT2D eigenvalue weighted by molar-refractivity contribution is 7.80. The molecule has 0 unspecified atom stereocenters. The Bertz CT molecular complexity index is 162. The minimum atomic E-state index is 0.518. The van der Waals surface area contributed by atoms with E-state index in [4.69, 9.17) is 22.7 Å². The summed E-state index contributed by atoms with van der Waals surface area (Å²) in [6, 6.07) is 0.518. The molecule has 14 heavy (non-hydrogen) atoms. The van der Waals surface area contributed by atoms with Gasteiger partial charge in [0.1, 0.15) is 0 Å². The number of hydrogen-bond donors (Lipinski definition) is 1. The van der Waals surface area contributed by atoms with E-state index in [1.165, 1.54) is 0 Å². The van der Waals surface area contributed by atoms with Gasteiger partial charge in [0.25, 0.3) is 0 Å². The molecule has 0 radical (unpaired) electrons. The number of thiocarbonyl (C=S) groups is 1. The van der Waals surface area contributed by atoms with Crippen LogP contribution in [0.1, 0.15) is 27.2 Å². The van der Waals surface area contributed by atoms with E-state index in [-0.39, 0.29) is 0 Å². The predicted molar refractivity (Wildman–Crippen MR) is 64.6 cm³/mol. The molecule has 2 N–H and O–H groups in total. The van der Waals surface area contributed by atoms with E-state index in [1.54, 1.807) is 0 Å². The zero-order valence-corrected chi connectivity index (χ0v) is 10.3. The number of nitrogens with zero attached hydrogens (tertiary/aromatic N) is 1. The maximum absolute atomic E-state index is 5.47. The van der Waals surface area contributed by atoms with E-state index in [0.717, 1.165) is 32.7 Å². The van der Waals surface area contributed by atoms with E-state index < -0.39 is 0 Å². The average molecular weight is 218 g/mol. The van der Waals surface area contributed by atoms with E-state index in [9.17, 15) is 0 Å². The molecule has 0 rings (SSSR count). The van der Waals surface area contributed by atoms with Crippen molar-refractivity contribution >= 4 is 17.2 Å². The van der Waals surface area contributed by atoms with Gasteiger partial charge in [0.2, 0.25) is 0 Å². The Hall–Kier alpha value is -0.190. The Kier molecular flexibility index (Phi) is 8.04. The van der Waals surface area contributed by atoms with Crippen LogP contribution in [-0.2, 0) is 4.74 Å². The molecule has 0 atom stereocenters. The van der Waals surface area contributed by atoms with Crippen LogP contribution in [0.5, 0.6) is 0 Å². The Labute approximate surface area is 92.6 Å². The first-order valence-electron chi connectivity index (χ1n) is 5.18. The predicted octanol–water partition coefficient (Wildman–Crippen LogP) is 1.41. The van der Waals surface area contributed by atoms with Crippen molar-refractivity contribution in [2.75, 3.05) is 26.3 Å². The zero-order valence-electron chi connectivity index (χ0n) is 9.45. The van der Waals surface area contributed by atoms with Gasteiger partial charge in [0.05, 0.1) is 11.6 Å². The van der Waals surface area contributed by atoms with Gasteiger partial charge < -0.3 is 10.5 Å². The van der Waals surface area contributed by atoms with E-state index in [1.807, 2.05) is 6.92 Å². The molecule has 0 aromatic heterocycles. The van der Waals surface area contributed by atoms with Gasteiger partial charge in [-0.3, -0.25) is 4.90 Å². The molecule has 0 heterocycles. The highest BCUT2D eigenvalue weighted by Gasteiger charge is 2.08. The van der Waals surface area contributed by atoms with Gasteiger partial charge in [-0.2, -0.15) is 0 Å². The summed E-state index contributed by atoms with van der Waals surface area (Å²) < 4.78 is 5.32. The van der Waals surface area contributed by atoms with Crippen LogP contribution in [0.4, 0.5) is 0 Å². The second kappa shape index (κ2) is 8.15. The van der Waals surface area contributed by atoms with E-state index in [2.05, 4.69) is 18.7 Å². The van der Waals surface area contributed by atoms with Crippen LogP contribution in [0.3, 0.4) is 0 Å². The third kappa shape index (κ3) is 7.24. The normalized spacial score (nSPS) is 11.2. The largest absolute Gasteiger partial charge is 0.393 e. The van der Waals surface area contributed by atoms with Crippen LogP contribution >= 0.6 is 12.2 Å². The summed E-state index contributed by atoms with van der Waals surface area (Å²) in [7, 11) is 0. The summed E-state index contributed by atoms with van der Waals surface area (Å²) in [5.74, 6) is 0. The first-order valence-corrected chi connectivity index (χ1v) is 5.58. The minimum Gasteiger partial charge on any atom is -0.393 e. The van der Waals surface area contributed by atoms with Gasteiger partial charge in [-0.15, -0.1) is 0 Å². The topological polar surface area (TPSA) is 38.5 Å². The summed E-state index contributed by atoms with van der Waals surface area (Å²) >= 11 is 4.86. The van der Waals surface area contributed by atoms with Crippen molar-refractivity contribution in [2.24, 2.45) is 5.73 Å². The minimum absolute atomic E-state index is 0.518. The molecule has 84 valence electrons. The van der Waals surface area contributed by atoms with Crippen molar-refractivity contribution in [1.82, 2.24) is 4.90 Å². The van der Waals surface area contributed by atoms with Crippen LogP contribution in [0.2, 0.25) is 0 Å². The lowest BCUT2D eigenvalue weighted by atomic mass is 10.3. The fraction of sp³-hybridized carbons (Fsp3) is 0.900. The molecule has 0 fully saturated rings. The molecule has 0 spiro atoms. The lowest BCUT2D eigenvalue weighted by Gasteiger charge is -2.25. The number of ether oxygens (including phenoxy) is 1. The first-order chi connectivity index (χ1) is 6.57. The van der Waals surface area contributed by atoms with Crippen molar-refractivity contribution in [2.45, 2.75) is 33.2 Å². The van der Waals surface area contributed by atoms with Crippen LogP contribution in [0.15, 0.2) is 0 Å². The molecule has 0 aliphatic rings. The van der Waals surface area contributed by atoms with Crippen molar-refractivity contribution in [3.8, 4) is 0 Å². The fourth-order valence-electron chi connectivity index (χ4n) is 1.21. The molecule has 0 saturated carbocycles. The molecule has 0 aromatic rings. The number of nitrogens with two attached hydrogens (primary N) is 1. The van der Waals surface area contributed by atoms with E-state index in [0.29, 0.717) is 11.0 Å². The second-order valence-corrected chi connectivity index (χ2v) is 4.07.